The van der Waals surface area contributed by atoms with E-state index in [1.54, 1.807) is 12.1 Å². The average Bonchev–Trinajstić information content (AvgIpc) is 2.51. The van der Waals surface area contributed by atoms with E-state index in [0.29, 0.717) is 0 Å². The average molecular weight is 425 g/mol. The zero-order valence-corrected chi connectivity index (χ0v) is 18.6. The Balaban J connectivity index is 0. The molecule has 0 heterocycles. The predicted molar refractivity (Wildman–Crippen MR) is 75.6 cm³/mol. The monoisotopic (exact) mass is 422 g/mol. The Kier molecular flexibility index (Phi) is 14.1. The van der Waals surface area contributed by atoms with E-state index in [1.165, 1.54) is 36.4 Å². The second-order valence-corrected chi connectivity index (χ2v) is 3.61. The van der Waals surface area contributed by atoms with E-state index < -0.39 is 9.85 Å². The van der Waals surface area contributed by atoms with Gasteiger partial charge in [-0.3, -0.25) is 20.2 Å². The number of halogens is 1. The fourth-order valence-electron chi connectivity index (χ4n) is 1.17. The van der Waals surface area contributed by atoms with Crippen LogP contribution in [0.3, 0.4) is 0 Å². The fraction of sp³-hybridized carbons (Fsp3) is 0.0769. The summed E-state index contributed by atoms with van der Waals surface area (Å²) >= 11 is 0.847. The van der Waals surface area contributed by atoms with Gasteiger partial charge in [0.25, 0.3) is 5.69 Å². The second-order valence-electron chi connectivity index (χ2n) is 3.61. The van der Waals surface area contributed by atoms with Gasteiger partial charge in [-0.05, 0) is 6.92 Å². The normalized spacial score (nSPS) is 8.18. The van der Waals surface area contributed by atoms with Gasteiger partial charge in [0.1, 0.15) is 0 Å². The molecule has 0 amide bonds. The summed E-state index contributed by atoms with van der Waals surface area (Å²) in [5, 5.41) is 20.1. The molecule has 0 fully saturated rings. The molecule has 0 aromatic heterocycles. The third-order valence-corrected chi connectivity index (χ3v) is 2.16. The molecule has 0 spiro atoms. The molecule has 6 nitrogen and oxygen atoms in total. The topological polar surface area (TPSA) is 86.3 Å². The number of hydrogen-bond donors (Lipinski definition) is 0. The van der Waals surface area contributed by atoms with E-state index in [9.17, 15) is 20.2 Å². The zero-order chi connectivity index (χ0) is 16.3. The maximum absolute atomic E-state index is 10.1. The summed E-state index contributed by atoms with van der Waals surface area (Å²) in [5.74, 6) is 0. The number of nitro benzene ring substituents is 2. The quantitative estimate of drug-likeness (QED) is 0.315. The second kappa shape index (κ2) is 13.4. The summed E-state index contributed by atoms with van der Waals surface area (Å²) in [6, 6.07) is 14.9. The SMILES string of the molecule is Cc1ccc([N+](=O)[O-])cc1.O=[N+]([O-])c1cc[c-]cc1.[Cl][Zn+].[Zn]. The van der Waals surface area contributed by atoms with E-state index in [1.807, 2.05) is 6.92 Å². The van der Waals surface area contributed by atoms with Crippen molar-refractivity contribution in [3.8, 4) is 0 Å². The van der Waals surface area contributed by atoms with Crippen molar-refractivity contribution in [3.05, 3.63) is 80.4 Å². The van der Waals surface area contributed by atoms with Gasteiger partial charge in [-0.15, -0.1) is 0 Å². The molecule has 0 radical (unpaired) electrons. The van der Waals surface area contributed by atoms with E-state index in [-0.39, 0.29) is 30.9 Å². The van der Waals surface area contributed by atoms with Crippen molar-refractivity contribution in [1.29, 1.82) is 0 Å². The first kappa shape index (κ1) is 23.0. The molecule has 0 aliphatic carbocycles. The Morgan fingerprint density at radius 1 is 0.909 bits per heavy atom. The standard InChI is InChI=1S/C7H7NO2.C6H4NO2.ClH.2Zn/c1-6-2-4-7(5-3-6)8(9)10;8-7(9)6-4-2-1-3-5-6;;;/h2-5H,1H3;2-5H;1H;;/q;-1;;;+2/p-1. The number of benzene rings is 2. The first-order valence-corrected chi connectivity index (χ1v) is 9.49. The molecule has 0 N–H and O–H groups in total. The first-order valence-electron chi connectivity index (χ1n) is 5.59. The van der Waals surface area contributed by atoms with Crippen LogP contribution in [0.5, 0.6) is 0 Å². The Morgan fingerprint density at radius 2 is 1.27 bits per heavy atom. The Morgan fingerprint density at radius 3 is 1.59 bits per heavy atom. The maximum atomic E-state index is 10.1. The molecule has 108 valence electrons. The third kappa shape index (κ3) is 9.67. The van der Waals surface area contributed by atoms with Crippen LogP contribution in [0, 0.1) is 33.2 Å². The Hall–Kier alpha value is -1.22. The van der Waals surface area contributed by atoms with Crippen molar-refractivity contribution in [2.45, 2.75) is 6.92 Å². The number of rotatable bonds is 2. The van der Waals surface area contributed by atoms with Gasteiger partial charge in [-0.1, -0.05) is 29.8 Å². The van der Waals surface area contributed by atoms with Gasteiger partial charge in [0.05, 0.1) is 4.92 Å². The van der Waals surface area contributed by atoms with Gasteiger partial charge in [0.2, 0.25) is 0 Å². The minimum absolute atomic E-state index is 0. The summed E-state index contributed by atoms with van der Waals surface area (Å²) in [6.07, 6.45) is 0. The van der Waals surface area contributed by atoms with Gasteiger partial charge in [-0.25, -0.2) is 0 Å². The van der Waals surface area contributed by atoms with Crippen LogP contribution in [0.15, 0.2) is 48.5 Å². The molecule has 2 aromatic carbocycles. The number of hydrogen-bond acceptors (Lipinski definition) is 4. The molecule has 2 rings (SSSR count). The summed E-state index contributed by atoms with van der Waals surface area (Å²) < 4.78 is 0. The minimum atomic E-state index is -0.437. The molecule has 0 aliphatic rings. The third-order valence-electron chi connectivity index (χ3n) is 2.16. The van der Waals surface area contributed by atoms with Crippen molar-refractivity contribution in [3.63, 3.8) is 0 Å². The number of non-ortho nitro benzene ring substituents is 2. The van der Waals surface area contributed by atoms with Crippen LogP contribution in [0.25, 0.3) is 0 Å². The Labute approximate surface area is 154 Å². The van der Waals surface area contributed by atoms with Crippen LogP contribution in [0.2, 0.25) is 0 Å². The van der Waals surface area contributed by atoms with Gasteiger partial charge in [0, 0.05) is 36.5 Å². The minimum Gasteiger partial charge on any atom is 0 e. The summed E-state index contributed by atoms with van der Waals surface area (Å²) in [4.78, 5) is 19.3. The van der Waals surface area contributed by atoms with Crippen molar-refractivity contribution >= 4 is 21.1 Å². The Bertz CT molecular complexity index is 568. The first-order chi connectivity index (χ1) is 10.0. The van der Waals surface area contributed by atoms with Crippen molar-refractivity contribution in [2.75, 3.05) is 0 Å². The van der Waals surface area contributed by atoms with Crippen molar-refractivity contribution < 1.29 is 46.6 Å². The fourth-order valence-corrected chi connectivity index (χ4v) is 1.17. The number of nitro groups is 2. The molecule has 0 bridgehead atoms. The van der Waals surface area contributed by atoms with Gasteiger partial charge in [-0.2, -0.15) is 18.2 Å². The van der Waals surface area contributed by atoms with Crippen LogP contribution in [0.4, 0.5) is 11.4 Å². The predicted octanol–water partition coefficient (Wildman–Crippen LogP) is 3.98. The molecule has 9 heteroatoms. The zero-order valence-electron chi connectivity index (χ0n) is 11.9. The molecule has 0 saturated carbocycles. The number of aryl methyl sites for hydroxylation is 1. The molecule has 2 aromatic rings. The van der Waals surface area contributed by atoms with Gasteiger partial charge >= 0.3 is 27.0 Å². The van der Waals surface area contributed by atoms with Gasteiger partial charge in [0.15, 0.2) is 5.69 Å². The summed E-state index contributed by atoms with van der Waals surface area (Å²) in [5.41, 5.74) is 1.28. The van der Waals surface area contributed by atoms with Crippen LogP contribution in [-0.4, -0.2) is 9.85 Å². The molecular weight excluding hydrogens is 414 g/mol. The van der Waals surface area contributed by atoms with Gasteiger partial charge < -0.3 is 0 Å². The van der Waals surface area contributed by atoms with Crippen LogP contribution in [-0.2, 0) is 36.8 Å². The largest absolute Gasteiger partial charge is 0 e. The van der Waals surface area contributed by atoms with Crippen LogP contribution >= 0.6 is 9.69 Å². The van der Waals surface area contributed by atoms with E-state index in [4.69, 9.17) is 9.69 Å². The molecular formula is C13H11ClN2O4Zn2. The van der Waals surface area contributed by atoms with Crippen LogP contribution < -0.4 is 0 Å². The molecule has 0 unspecified atom stereocenters. The molecule has 0 atom stereocenters. The summed E-state index contributed by atoms with van der Waals surface area (Å²) in [7, 11) is 4.76. The molecule has 22 heavy (non-hydrogen) atoms. The van der Waals surface area contributed by atoms with E-state index in [2.05, 4.69) is 6.07 Å². The maximum Gasteiger partial charge on any atom is 0 e. The van der Waals surface area contributed by atoms with Crippen molar-refractivity contribution in [1.82, 2.24) is 0 Å². The van der Waals surface area contributed by atoms with E-state index >= 15 is 0 Å². The van der Waals surface area contributed by atoms with E-state index in [0.717, 1.165) is 22.9 Å². The number of nitrogens with zero attached hydrogens (tertiary/aromatic N) is 2. The molecule has 0 saturated heterocycles. The summed E-state index contributed by atoms with van der Waals surface area (Å²) in [6.45, 7) is 1.89. The van der Waals surface area contributed by atoms with Crippen molar-refractivity contribution in [2.24, 2.45) is 0 Å². The smallest absolute Gasteiger partial charge is 0 e. The van der Waals surface area contributed by atoms with Crippen LogP contribution in [0.1, 0.15) is 5.56 Å². The molecule has 0 aliphatic heterocycles.